The second-order valence-corrected chi connectivity index (χ2v) is 4.66. The largest absolute Gasteiger partial charge is 0.480 e. The number of rotatable bonds is 5. The summed E-state index contributed by atoms with van der Waals surface area (Å²) in [5.74, 6) is -2.02. The van der Waals surface area contributed by atoms with Gasteiger partial charge >= 0.3 is 5.97 Å². The Bertz CT molecular complexity index is 531. The van der Waals surface area contributed by atoms with Crippen LogP contribution in [-0.2, 0) is 25.7 Å². The maximum Gasteiger partial charge on any atom is 0.328 e. The number of aliphatic carboxylic acids is 1. The fourth-order valence-electron chi connectivity index (χ4n) is 2.04. The van der Waals surface area contributed by atoms with Gasteiger partial charge in [-0.3, -0.25) is 9.59 Å². The summed E-state index contributed by atoms with van der Waals surface area (Å²) >= 11 is 0. The van der Waals surface area contributed by atoms with Gasteiger partial charge in [0.25, 0.3) is 0 Å². The van der Waals surface area contributed by atoms with Crippen molar-refractivity contribution in [1.82, 2.24) is 10.2 Å². The highest BCUT2D eigenvalue weighted by molar-refractivity contribution is 5.91. The standard InChI is InChI=1S/C14H16N2O5/c17-12-7-16(11(6-15-12)14(19)20)13(18)9-21-8-10-4-2-1-3-5-10/h1-5,11H,6-9H2,(H,15,17)(H,19,20). The van der Waals surface area contributed by atoms with E-state index < -0.39 is 17.9 Å². The minimum atomic E-state index is -1.15. The van der Waals surface area contributed by atoms with Gasteiger partial charge in [-0.25, -0.2) is 4.79 Å². The number of carboxylic acids is 1. The van der Waals surface area contributed by atoms with E-state index in [1.165, 1.54) is 0 Å². The van der Waals surface area contributed by atoms with Crippen LogP contribution in [0.25, 0.3) is 0 Å². The molecule has 1 unspecified atom stereocenters. The lowest BCUT2D eigenvalue weighted by Crippen LogP contribution is -2.60. The lowest BCUT2D eigenvalue weighted by atomic mass is 10.2. The average Bonchev–Trinajstić information content (AvgIpc) is 2.47. The van der Waals surface area contributed by atoms with Gasteiger partial charge in [-0.1, -0.05) is 30.3 Å². The van der Waals surface area contributed by atoms with Gasteiger partial charge in [0.1, 0.15) is 19.2 Å². The molecule has 0 radical (unpaired) electrons. The van der Waals surface area contributed by atoms with Gasteiger partial charge < -0.3 is 20.1 Å². The molecule has 2 amide bonds. The first-order valence-corrected chi connectivity index (χ1v) is 6.48. The summed E-state index contributed by atoms with van der Waals surface area (Å²) in [6.45, 7) is -0.348. The molecule has 7 heteroatoms. The summed E-state index contributed by atoms with van der Waals surface area (Å²) in [4.78, 5) is 35.4. The second-order valence-electron chi connectivity index (χ2n) is 4.66. The summed E-state index contributed by atoms with van der Waals surface area (Å²) in [5, 5.41) is 11.5. The van der Waals surface area contributed by atoms with E-state index in [-0.39, 0.29) is 32.2 Å². The fourth-order valence-corrected chi connectivity index (χ4v) is 2.04. The zero-order valence-electron chi connectivity index (χ0n) is 11.3. The van der Waals surface area contributed by atoms with Gasteiger partial charge in [-0.05, 0) is 5.56 Å². The summed E-state index contributed by atoms with van der Waals surface area (Å²) in [6.07, 6.45) is 0. The van der Waals surface area contributed by atoms with E-state index in [0.717, 1.165) is 10.5 Å². The van der Waals surface area contributed by atoms with Crippen LogP contribution < -0.4 is 5.32 Å². The SMILES string of the molecule is O=C1CN(C(=O)COCc2ccccc2)C(C(=O)O)CN1. The van der Waals surface area contributed by atoms with E-state index in [0.29, 0.717) is 0 Å². The monoisotopic (exact) mass is 292 g/mol. The van der Waals surface area contributed by atoms with Gasteiger partial charge in [-0.15, -0.1) is 0 Å². The van der Waals surface area contributed by atoms with Crippen LogP contribution >= 0.6 is 0 Å². The van der Waals surface area contributed by atoms with Crippen molar-refractivity contribution in [3.8, 4) is 0 Å². The Morgan fingerprint density at radius 2 is 2.05 bits per heavy atom. The third kappa shape index (κ3) is 4.03. The molecule has 1 aromatic rings. The summed E-state index contributed by atoms with van der Waals surface area (Å²) in [5.41, 5.74) is 0.913. The molecule has 0 bridgehead atoms. The highest BCUT2D eigenvalue weighted by Crippen LogP contribution is 2.06. The molecule has 1 atom stereocenters. The van der Waals surface area contributed by atoms with E-state index in [9.17, 15) is 14.4 Å². The van der Waals surface area contributed by atoms with Gasteiger partial charge in [0.05, 0.1) is 6.61 Å². The fraction of sp³-hybridized carbons (Fsp3) is 0.357. The van der Waals surface area contributed by atoms with E-state index in [2.05, 4.69) is 5.32 Å². The highest BCUT2D eigenvalue weighted by Gasteiger charge is 2.34. The van der Waals surface area contributed by atoms with Crippen molar-refractivity contribution < 1.29 is 24.2 Å². The Morgan fingerprint density at radius 1 is 1.33 bits per heavy atom. The normalized spacial score (nSPS) is 18.2. The Balaban J connectivity index is 1.88. The van der Waals surface area contributed by atoms with Gasteiger partial charge in [0.2, 0.25) is 11.8 Å². The molecule has 1 aromatic carbocycles. The molecule has 1 saturated heterocycles. The first-order valence-electron chi connectivity index (χ1n) is 6.48. The van der Waals surface area contributed by atoms with Crippen LogP contribution in [0, 0.1) is 0 Å². The number of ether oxygens (including phenoxy) is 1. The van der Waals surface area contributed by atoms with E-state index in [1.54, 1.807) is 0 Å². The van der Waals surface area contributed by atoms with Crippen molar-refractivity contribution in [3.63, 3.8) is 0 Å². The molecular weight excluding hydrogens is 276 g/mol. The Morgan fingerprint density at radius 3 is 2.71 bits per heavy atom. The zero-order valence-corrected chi connectivity index (χ0v) is 11.3. The van der Waals surface area contributed by atoms with E-state index in [1.807, 2.05) is 30.3 Å². The lowest BCUT2D eigenvalue weighted by molar-refractivity contribution is -0.156. The van der Waals surface area contributed by atoms with Crippen molar-refractivity contribution in [2.45, 2.75) is 12.6 Å². The number of piperazine rings is 1. The number of carbonyl (C=O) groups is 3. The number of carbonyl (C=O) groups excluding carboxylic acids is 2. The lowest BCUT2D eigenvalue weighted by Gasteiger charge is -2.32. The van der Waals surface area contributed by atoms with Crippen LogP contribution in [0.5, 0.6) is 0 Å². The van der Waals surface area contributed by atoms with Crippen molar-refractivity contribution in [2.75, 3.05) is 19.7 Å². The number of carboxylic acid groups (broad SMARTS) is 1. The maximum absolute atomic E-state index is 12.0. The van der Waals surface area contributed by atoms with Crippen LogP contribution in [0.2, 0.25) is 0 Å². The van der Waals surface area contributed by atoms with Crippen molar-refractivity contribution in [3.05, 3.63) is 35.9 Å². The molecule has 0 aromatic heterocycles. The Kier molecular flexibility index (Phi) is 4.89. The van der Waals surface area contributed by atoms with Gasteiger partial charge in [0, 0.05) is 6.54 Å². The van der Waals surface area contributed by atoms with E-state index >= 15 is 0 Å². The molecule has 1 fully saturated rings. The number of benzene rings is 1. The maximum atomic E-state index is 12.0. The van der Waals surface area contributed by atoms with Crippen molar-refractivity contribution in [1.29, 1.82) is 0 Å². The van der Waals surface area contributed by atoms with Crippen LogP contribution in [0.15, 0.2) is 30.3 Å². The predicted octanol–water partition coefficient (Wildman–Crippen LogP) is -0.385. The number of hydrogen-bond donors (Lipinski definition) is 2. The molecule has 112 valence electrons. The molecule has 1 aliphatic rings. The second kappa shape index (κ2) is 6.85. The average molecular weight is 292 g/mol. The first kappa shape index (κ1) is 15.0. The third-order valence-corrected chi connectivity index (χ3v) is 3.13. The predicted molar refractivity (Wildman–Crippen MR) is 72.2 cm³/mol. The van der Waals surface area contributed by atoms with Crippen molar-refractivity contribution in [2.24, 2.45) is 0 Å². The minimum Gasteiger partial charge on any atom is -0.480 e. The number of hydrogen-bond acceptors (Lipinski definition) is 4. The summed E-state index contributed by atoms with van der Waals surface area (Å²) in [7, 11) is 0. The number of nitrogens with zero attached hydrogens (tertiary/aromatic N) is 1. The minimum absolute atomic E-state index is 0.0847. The van der Waals surface area contributed by atoms with Crippen LogP contribution in [-0.4, -0.2) is 53.5 Å². The van der Waals surface area contributed by atoms with Crippen LogP contribution in [0.1, 0.15) is 5.56 Å². The molecular formula is C14H16N2O5. The van der Waals surface area contributed by atoms with Crippen LogP contribution in [0.3, 0.4) is 0 Å². The molecule has 21 heavy (non-hydrogen) atoms. The highest BCUT2D eigenvalue weighted by atomic mass is 16.5. The molecule has 2 N–H and O–H groups in total. The molecule has 1 heterocycles. The van der Waals surface area contributed by atoms with E-state index in [4.69, 9.17) is 9.84 Å². The molecule has 7 nitrogen and oxygen atoms in total. The quantitative estimate of drug-likeness (QED) is 0.771. The Labute approximate surface area is 121 Å². The number of nitrogens with one attached hydrogen (secondary N) is 1. The Hall–Kier alpha value is -2.41. The molecule has 0 spiro atoms. The number of amides is 2. The summed E-state index contributed by atoms with van der Waals surface area (Å²) < 4.78 is 5.28. The van der Waals surface area contributed by atoms with Crippen molar-refractivity contribution >= 4 is 17.8 Å². The molecule has 0 aliphatic carbocycles. The first-order chi connectivity index (χ1) is 10.1. The zero-order chi connectivity index (χ0) is 15.2. The summed E-state index contributed by atoms with van der Waals surface area (Å²) in [6, 6.07) is 8.26. The van der Waals surface area contributed by atoms with Gasteiger partial charge in [-0.2, -0.15) is 0 Å². The third-order valence-electron chi connectivity index (χ3n) is 3.13. The van der Waals surface area contributed by atoms with Crippen LogP contribution in [0.4, 0.5) is 0 Å². The van der Waals surface area contributed by atoms with Gasteiger partial charge in [0.15, 0.2) is 0 Å². The molecule has 0 saturated carbocycles. The topological polar surface area (TPSA) is 95.9 Å². The smallest absolute Gasteiger partial charge is 0.328 e. The molecule has 1 aliphatic heterocycles. The molecule has 2 rings (SSSR count).